The van der Waals surface area contributed by atoms with Crippen LogP contribution in [-0.2, 0) is 23.1 Å². The van der Waals surface area contributed by atoms with E-state index in [1.54, 1.807) is 24.3 Å². The number of aliphatic hydroxyl groups excluding tert-OH is 2. The average Bonchev–Trinajstić information content (AvgIpc) is 3.44. The highest BCUT2D eigenvalue weighted by molar-refractivity contribution is 5.79. The van der Waals surface area contributed by atoms with E-state index in [-0.39, 0.29) is 30.1 Å². The zero-order chi connectivity index (χ0) is 27.0. The second-order valence-corrected chi connectivity index (χ2v) is 10.2. The fourth-order valence-electron chi connectivity index (χ4n) is 4.96. The molecule has 1 heterocycles. The molecule has 0 saturated heterocycles. The topological polar surface area (TPSA) is 106 Å². The van der Waals surface area contributed by atoms with Gasteiger partial charge < -0.3 is 25.6 Å². The van der Waals surface area contributed by atoms with E-state index in [4.69, 9.17) is 0 Å². The van der Waals surface area contributed by atoms with Crippen LogP contribution in [0.2, 0.25) is 0 Å². The van der Waals surface area contributed by atoms with Crippen molar-refractivity contribution in [1.29, 1.82) is 0 Å². The van der Waals surface area contributed by atoms with Gasteiger partial charge in [-0.3, -0.25) is 4.79 Å². The van der Waals surface area contributed by atoms with Gasteiger partial charge in [-0.15, -0.1) is 0 Å². The Kier molecular flexibility index (Phi) is 9.00. The smallest absolute Gasteiger partial charge is 0.224 e. The van der Waals surface area contributed by atoms with E-state index in [2.05, 4.69) is 35.4 Å². The number of phenolic OH excluding ortho intramolecular Hbond substituents is 1. The molecule has 0 aliphatic carbocycles. The van der Waals surface area contributed by atoms with Crippen LogP contribution in [-0.4, -0.2) is 32.8 Å². The lowest BCUT2D eigenvalue weighted by atomic mass is 9.73. The summed E-state index contributed by atoms with van der Waals surface area (Å²) in [4.78, 5) is 16.2. The highest BCUT2D eigenvalue weighted by Gasteiger charge is 2.29. The van der Waals surface area contributed by atoms with Gasteiger partial charge in [0, 0.05) is 11.9 Å². The van der Waals surface area contributed by atoms with E-state index in [1.807, 2.05) is 54.7 Å². The number of aromatic hydroxyl groups is 1. The Bertz CT molecular complexity index is 1290. The number of aromatic nitrogens is 1. The van der Waals surface area contributed by atoms with Crippen molar-refractivity contribution in [2.45, 2.75) is 50.2 Å². The summed E-state index contributed by atoms with van der Waals surface area (Å²) in [6, 6.07) is 27.8. The number of aromatic amines is 1. The zero-order valence-corrected chi connectivity index (χ0v) is 21.7. The minimum absolute atomic E-state index is 0.154. The molecule has 0 saturated carbocycles. The fourth-order valence-corrected chi connectivity index (χ4v) is 4.96. The first-order valence-corrected chi connectivity index (χ1v) is 13.0. The molecular formula is C32H36N2O4. The van der Waals surface area contributed by atoms with E-state index in [1.165, 1.54) is 0 Å². The molecule has 1 amide bonds. The standard InChI is InChI=1S/C32H36N2O4/c1-32(21-27-11-6-18-33-27,17-16-30(37)25-12-14-28(36)15-13-25)26-10-5-7-23(19-26)20-31(38)34-29(22-35)24-8-3-2-4-9-24/h2-15,18-19,29-30,33,35-37H,16-17,20-22H2,1H3,(H,34,38)/t29-,30?,32?/m1/s1. The molecule has 4 rings (SSSR count). The summed E-state index contributed by atoms with van der Waals surface area (Å²) in [6.45, 7) is 2.02. The number of rotatable bonds is 12. The maximum Gasteiger partial charge on any atom is 0.224 e. The van der Waals surface area contributed by atoms with Gasteiger partial charge in [0.05, 0.1) is 25.2 Å². The third-order valence-electron chi connectivity index (χ3n) is 7.20. The molecule has 198 valence electrons. The van der Waals surface area contributed by atoms with Crippen molar-refractivity contribution in [2.75, 3.05) is 6.61 Å². The third-order valence-corrected chi connectivity index (χ3v) is 7.20. The maximum absolute atomic E-state index is 12.9. The average molecular weight is 513 g/mol. The quantitative estimate of drug-likeness (QED) is 0.182. The normalized spacial score (nSPS) is 14.4. The van der Waals surface area contributed by atoms with Crippen LogP contribution in [0.25, 0.3) is 0 Å². The minimum Gasteiger partial charge on any atom is -0.508 e. The van der Waals surface area contributed by atoms with E-state index in [0.717, 1.165) is 34.4 Å². The molecule has 1 aromatic heterocycles. The molecular weight excluding hydrogens is 476 g/mol. The predicted molar refractivity (Wildman–Crippen MR) is 149 cm³/mol. The number of carbonyl (C=O) groups excluding carboxylic acids is 1. The number of hydrogen-bond donors (Lipinski definition) is 5. The minimum atomic E-state index is -0.652. The molecule has 0 aliphatic heterocycles. The van der Waals surface area contributed by atoms with Gasteiger partial charge in [0.1, 0.15) is 5.75 Å². The first-order valence-electron chi connectivity index (χ1n) is 13.0. The Morgan fingerprint density at radius 2 is 1.71 bits per heavy atom. The summed E-state index contributed by atoms with van der Waals surface area (Å²) in [7, 11) is 0. The Labute approximate surface area is 224 Å². The summed E-state index contributed by atoms with van der Waals surface area (Å²) in [6.07, 6.45) is 3.46. The molecule has 2 unspecified atom stereocenters. The van der Waals surface area contributed by atoms with Gasteiger partial charge in [-0.05, 0) is 71.2 Å². The second kappa shape index (κ2) is 12.6. The van der Waals surface area contributed by atoms with Gasteiger partial charge in [-0.1, -0.05) is 73.7 Å². The third kappa shape index (κ3) is 7.12. The fraction of sp³-hybridized carbons (Fsp3) is 0.281. The van der Waals surface area contributed by atoms with Gasteiger partial charge in [-0.25, -0.2) is 0 Å². The van der Waals surface area contributed by atoms with E-state index >= 15 is 0 Å². The summed E-state index contributed by atoms with van der Waals surface area (Å²) in [5, 5.41) is 33.2. The SMILES string of the molecule is CC(CCC(O)c1ccc(O)cc1)(Cc1ccc[nH]1)c1cccc(CC(=O)N[C@H](CO)c2ccccc2)c1. The molecule has 5 N–H and O–H groups in total. The molecule has 0 radical (unpaired) electrons. The summed E-state index contributed by atoms with van der Waals surface area (Å²) in [5.41, 5.74) is 4.42. The van der Waals surface area contributed by atoms with Crippen LogP contribution in [0, 0.1) is 0 Å². The highest BCUT2D eigenvalue weighted by atomic mass is 16.3. The molecule has 6 nitrogen and oxygen atoms in total. The Hall–Kier alpha value is -3.87. The summed E-state index contributed by atoms with van der Waals surface area (Å²) in [5.74, 6) is 0.0198. The monoisotopic (exact) mass is 512 g/mol. The van der Waals surface area contributed by atoms with Gasteiger partial charge in [0.15, 0.2) is 0 Å². The molecule has 38 heavy (non-hydrogen) atoms. The summed E-state index contributed by atoms with van der Waals surface area (Å²) < 4.78 is 0. The molecule has 3 aromatic carbocycles. The first-order chi connectivity index (χ1) is 18.4. The van der Waals surface area contributed by atoms with Crippen LogP contribution in [0.5, 0.6) is 5.75 Å². The number of phenols is 1. The van der Waals surface area contributed by atoms with E-state index in [0.29, 0.717) is 12.8 Å². The number of hydrogen-bond acceptors (Lipinski definition) is 4. The van der Waals surface area contributed by atoms with Gasteiger partial charge >= 0.3 is 0 Å². The Balaban J connectivity index is 1.50. The predicted octanol–water partition coefficient (Wildman–Crippen LogP) is 5.13. The lowest BCUT2D eigenvalue weighted by molar-refractivity contribution is -0.121. The van der Waals surface area contributed by atoms with Crippen LogP contribution in [0.4, 0.5) is 0 Å². The van der Waals surface area contributed by atoms with E-state index < -0.39 is 12.1 Å². The lowest BCUT2D eigenvalue weighted by Gasteiger charge is -2.31. The molecule has 3 atom stereocenters. The number of benzene rings is 3. The van der Waals surface area contributed by atoms with Crippen LogP contribution < -0.4 is 5.32 Å². The van der Waals surface area contributed by atoms with Crippen molar-refractivity contribution in [1.82, 2.24) is 10.3 Å². The van der Waals surface area contributed by atoms with Crippen LogP contribution in [0.15, 0.2) is 97.2 Å². The maximum atomic E-state index is 12.9. The van der Waals surface area contributed by atoms with Gasteiger partial charge in [0.2, 0.25) is 5.91 Å². The molecule has 6 heteroatoms. The second-order valence-electron chi connectivity index (χ2n) is 10.2. The highest BCUT2D eigenvalue weighted by Crippen LogP contribution is 2.36. The Morgan fingerprint density at radius 3 is 2.39 bits per heavy atom. The van der Waals surface area contributed by atoms with Crippen molar-refractivity contribution < 1.29 is 20.1 Å². The molecule has 0 aliphatic rings. The largest absolute Gasteiger partial charge is 0.508 e. The van der Waals surface area contributed by atoms with Crippen molar-refractivity contribution in [3.8, 4) is 5.75 Å². The molecule has 0 bridgehead atoms. The van der Waals surface area contributed by atoms with Crippen molar-refractivity contribution in [3.63, 3.8) is 0 Å². The Morgan fingerprint density at radius 1 is 0.947 bits per heavy atom. The first kappa shape index (κ1) is 27.2. The van der Waals surface area contributed by atoms with Crippen LogP contribution >= 0.6 is 0 Å². The number of nitrogens with one attached hydrogen (secondary N) is 2. The number of H-pyrrole nitrogens is 1. The zero-order valence-electron chi connectivity index (χ0n) is 21.7. The van der Waals surface area contributed by atoms with Crippen LogP contribution in [0.3, 0.4) is 0 Å². The number of amides is 1. The molecule has 4 aromatic rings. The van der Waals surface area contributed by atoms with Crippen molar-refractivity contribution in [3.05, 3.63) is 125 Å². The molecule has 0 spiro atoms. The number of aliphatic hydroxyl groups is 2. The lowest BCUT2D eigenvalue weighted by Crippen LogP contribution is -2.32. The molecule has 0 fully saturated rings. The van der Waals surface area contributed by atoms with E-state index in [9.17, 15) is 20.1 Å². The van der Waals surface area contributed by atoms with Crippen molar-refractivity contribution >= 4 is 5.91 Å². The van der Waals surface area contributed by atoms with Gasteiger partial charge in [-0.2, -0.15) is 0 Å². The van der Waals surface area contributed by atoms with Crippen LogP contribution in [0.1, 0.15) is 59.9 Å². The van der Waals surface area contributed by atoms with Gasteiger partial charge in [0.25, 0.3) is 0 Å². The summed E-state index contributed by atoms with van der Waals surface area (Å²) >= 11 is 0. The van der Waals surface area contributed by atoms with Crippen molar-refractivity contribution in [2.24, 2.45) is 0 Å². The number of carbonyl (C=O) groups is 1.